The van der Waals surface area contributed by atoms with Crippen LogP contribution < -0.4 is 4.52 Å². The number of phosphoric ester groups is 1. The van der Waals surface area contributed by atoms with E-state index in [-0.39, 0.29) is 10.8 Å². The maximum Gasteiger partial charge on any atom is 0.525 e. The molecule has 0 saturated carbocycles. The van der Waals surface area contributed by atoms with E-state index in [0.29, 0.717) is 31.0 Å². The summed E-state index contributed by atoms with van der Waals surface area (Å²) < 4.78 is 15.7. The summed E-state index contributed by atoms with van der Waals surface area (Å²) in [6.45, 7) is 2.99. The molecule has 6 nitrogen and oxygen atoms in total. The SMILES string of the molecule is CCC(=O)C(c1ccccc1Cl)N1CCc2sc(OP(=O)(O)O)cc2C1. The van der Waals surface area contributed by atoms with Gasteiger partial charge in [-0.2, -0.15) is 0 Å². The molecule has 140 valence electrons. The molecule has 0 saturated heterocycles. The Morgan fingerprint density at radius 1 is 1.42 bits per heavy atom. The molecule has 0 spiro atoms. The van der Waals surface area contributed by atoms with Crippen molar-refractivity contribution in [1.29, 1.82) is 0 Å². The van der Waals surface area contributed by atoms with Gasteiger partial charge >= 0.3 is 7.82 Å². The number of hydrogen-bond donors (Lipinski definition) is 2. The second-order valence-electron chi connectivity index (χ2n) is 6.06. The fourth-order valence-corrected chi connectivity index (χ4v) is 5.03. The highest BCUT2D eigenvalue weighted by Gasteiger charge is 2.32. The number of nitrogens with zero attached hydrogens (tertiary/aromatic N) is 1. The van der Waals surface area contributed by atoms with Crippen LogP contribution in [-0.2, 0) is 22.3 Å². The Morgan fingerprint density at radius 2 is 2.15 bits per heavy atom. The van der Waals surface area contributed by atoms with Crippen molar-refractivity contribution in [1.82, 2.24) is 4.90 Å². The molecule has 1 aliphatic heterocycles. The zero-order chi connectivity index (χ0) is 18.9. The number of Topliss-reactive ketones (excluding diaryl/α,β-unsaturated/α-hetero) is 1. The van der Waals surface area contributed by atoms with Crippen molar-refractivity contribution in [2.45, 2.75) is 32.4 Å². The quantitative estimate of drug-likeness (QED) is 0.694. The zero-order valence-corrected chi connectivity index (χ0v) is 16.6. The van der Waals surface area contributed by atoms with E-state index in [2.05, 4.69) is 4.90 Å². The second kappa shape index (κ2) is 7.80. The first kappa shape index (κ1) is 19.5. The summed E-state index contributed by atoms with van der Waals surface area (Å²) in [5, 5.41) is 0.752. The fraction of sp³-hybridized carbons (Fsp3) is 0.353. The molecular formula is C17H19ClNO5PS. The number of benzene rings is 1. The van der Waals surface area contributed by atoms with Gasteiger partial charge in [0.05, 0.1) is 6.04 Å². The molecule has 3 rings (SSSR count). The van der Waals surface area contributed by atoms with Gasteiger partial charge in [-0.1, -0.05) is 36.7 Å². The van der Waals surface area contributed by atoms with Crippen LogP contribution in [-0.4, -0.2) is 27.0 Å². The lowest BCUT2D eigenvalue weighted by Crippen LogP contribution is -2.37. The number of halogens is 1. The van der Waals surface area contributed by atoms with Gasteiger partial charge in [0.15, 0.2) is 10.8 Å². The molecule has 0 bridgehead atoms. The average Bonchev–Trinajstić information content (AvgIpc) is 2.96. The third kappa shape index (κ3) is 4.36. The van der Waals surface area contributed by atoms with Gasteiger partial charge in [0.1, 0.15) is 0 Å². The number of carbonyl (C=O) groups is 1. The number of carbonyl (C=O) groups excluding carboxylic acids is 1. The van der Waals surface area contributed by atoms with Crippen molar-refractivity contribution in [2.24, 2.45) is 0 Å². The third-order valence-corrected chi connectivity index (χ3v) is 6.32. The van der Waals surface area contributed by atoms with Gasteiger partial charge in [0, 0.05) is 29.4 Å². The van der Waals surface area contributed by atoms with Crippen LogP contribution >= 0.6 is 30.8 Å². The van der Waals surface area contributed by atoms with E-state index in [9.17, 15) is 9.36 Å². The number of thiophene rings is 1. The topological polar surface area (TPSA) is 87.1 Å². The van der Waals surface area contributed by atoms with Gasteiger partial charge in [0.25, 0.3) is 0 Å². The zero-order valence-electron chi connectivity index (χ0n) is 14.1. The first-order valence-electron chi connectivity index (χ1n) is 8.16. The minimum atomic E-state index is -4.58. The first-order chi connectivity index (χ1) is 12.3. The third-order valence-electron chi connectivity index (χ3n) is 4.30. The Kier molecular flexibility index (Phi) is 5.87. The molecule has 1 aliphatic rings. The van der Waals surface area contributed by atoms with E-state index in [1.165, 1.54) is 11.3 Å². The van der Waals surface area contributed by atoms with Crippen molar-refractivity contribution in [3.63, 3.8) is 0 Å². The van der Waals surface area contributed by atoms with E-state index in [0.717, 1.165) is 16.0 Å². The van der Waals surface area contributed by atoms with Crippen molar-refractivity contribution >= 4 is 36.5 Å². The molecule has 0 amide bonds. The lowest BCUT2D eigenvalue weighted by Gasteiger charge is -2.34. The Morgan fingerprint density at radius 3 is 2.81 bits per heavy atom. The highest BCUT2D eigenvalue weighted by molar-refractivity contribution is 7.47. The predicted molar refractivity (Wildman–Crippen MR) is 101 cm³/mol. The van der Waals surface area contributed by atoms with Gasteiger partial charge in [-0.25, -0.2) is 4.57 Å². The summed E-state index contributed by atoms with van der Waals surface area (Å²) in [5.74, 6) is 0.0865. The van der Waals surface area contributed by atoms with Gasteiger partial charge in [-0.15, -0.1) is 11.3 Å². The Labute approximate surface area is 160 Å². The number of ketones is 1. The average molecular weight is 416 g/mol. The molecule has 2 N–H and O–H groups in total. The summed E-state index contributed by atoms with van der Waals surface area (Å²) >= 11 is 7.57. The van der Waals surface area contributed by atoms with Crippen molar-refractivity contribution < 1.29 is 23.7 Å². The minimum absolute atomic E-state index is 0.0865. The van der Waals surface area contributed by atoms with E-state index in [1.807, 2.05) is 25.1 Å². The van der Waals surface area contributed by atoms with Crippen LogP contribution in [0.2, 0.25) is 5.02 Å². The molecule has 0 aliphatic carbocycles. The predicted octanol–water partition coefficient (Wildman–Crippen LogP) is 3.95. The lowest BCUT2D eigenvalue weighted by molar-refractivity contribution is -0.124. The van der Waals surface area contributed by atoms with E-state index < -0.39 is 13.9 Å². The van der Waals surface area contributed by atoms with Crippen LogP contribution in [0.15, 0.2) is 30.3 Å². The van der Waals surface area contributed by atoms with Crippen LogP contribution in [0.3, 0.4) is 0 Å². The Balaban J connectivity index is 1.88. The Hall–Kier alpha value is -1.21. The Bertz CT molecular complexity index is 865. The lowest BCUT2D eigenvalue weighted by atomic mass is 9.96. The summed E-state index contributed by atoms with van der Waals surface area (Å²) in [7, 11) is -4.58. The van der Waals surface area contributed by atoms with Crippen LogP contribution in [0, 0.1) is 0 Å². The maximum atomic E-state index is 12.6. The standard InChI is InChI=1S/C17H19ClNO5PS/c1-2-14(20)17(12-5-3-4-6-13(12)18)19-8-7-15-11(10-19)9-16(26-15)24-25(21,22)23/h3-6,9,17H,2,7-8,10H2,1H3,(H2,21,22,23). The summed E-state index contributed by atoms with van der Waals surface area (Å²) in [5.41, 5.74) is 1.71. The molecule has 1 aromatic carbocycles. The van der Waals surface area contributed by atoms with Crippen LogP contribution in [0.4, 0.5) is 0 Å². The number of hydrogen-bond acceptors (Lipinski definition) is 5. The van der Waals surface area contributed by atoms with E-state index in [1.54, 1.807) is 12.1 Å². The highest BCUT2D eigenvalue weighted by Crippen LogP contribution is 2.44. The molecule has 2 heterocycles. The molecule has 0 radical (unpaired) electrons. The second-order valence-corrected chi connectivity index (χ2v) is 8.73. The summed E-state index contributed by atoms with van der Waals surface area (Å²) in [6, 6.07) is 8.55. The molecule has 1 atom stereocenters. The highest BCUT2D eigenvalue weighted by atomic mass is 35.5. The molecule has 1 unspecified atom stereocenters. The number of rotatable bonds is 6. The summed E-state index contributed by atoms with van der Waals surface area (Å²) in [6.07, 6.45) is 1.08. The fourth-order valence-electron chi connectivity index (χ4n) is 3.17. The maximum absolute atomic E-state index is 12.6. The van der Waals surface area contributed by atoms with E-state index in [4.69, 9.17) is 25.9 Å². The van der Waals surface area contributed by atoms with Gasteiger partial charge < -0.3 is 4.52 Å². The van der Waals surface area contributed by atoms with Crippen LogP contribution in [0.1, 0.15) is 35.4 Å². The minimum Gasteiger partial charge on any atom is -0.394 e. The molecule has 1 aromatic heterocycles. The van der Waals surface area contributed by atoms with Crippen LogP contribution in [0.5, 0.6) is 5.06 Å². The van der Waals surface area contributed by atoms with Gasteiger partial charge in [0.2, 0.25) is 0 Å². The van der Waals surface area contributed by atoms with Crippen molar-refractivity contribution in [3.8, 4) is 5.06 Å². The molecule has 9 heteroatoms. The molecular weight excluding hydrogens is 397 g/mol. The molecule has 0 fully saturated rings. The van der Waals surface area contributed by atoms with Crippen molar-refractivity contribution in [2.75, 3.05) is 6.54 Å². The van der Waals surface area contributed by atoms with Gasteiger partial charge in [-0.3, -0.25) is 19.5 Å². The normalized spacial score (nSPS) is 16.2. The van der Waals surface area contributed by atoms with Crippen molar-refractivity contribution in [3.05, 3.63) is 51.4 Å². The first-order valence-corrected chi connectivity index (χ1v) is 10.9. The molecule has 2 aromatic rings. The monoisotopic (exact) mass is 415 g/mol. The van der Waals surface area contributed by atoms with Crippen LogP contribution in [0.25, 0.3) is 0 Å². The van der Waals surface area contributed by atoms with E-state index >= 15 is 0 Å². The summed E-state index contributed by atoms with van der Waals surface area (Å²) in [4.78, 5) is 33.7. The van der Waals surface area contributed by atoms with Gasteiger partial charge in [-0.05, 0) is 29.7 Å². The number of phosphoric acid groups is 1. The molecule has 26 heavy (non-hydrogen) atoms. The number of fused-ring (bicyclic) bond motifs is 1. The smallest absolute Gasteiger partial charge is 0.394 e. The largest absolute Gasteiger partial charge is 0.525 e.